The number of nitrogens with one attached hydrogen (secondary N) is 2. The average molecular weight is 471 g/mol. The zero-order valence-electron chi connectivity index (χ0n) is 17.0. The Morgan fingerprint density at radius 3 is 2.72 bits per heavy atom. The Hall–Kier alpha value is -3.31. The van der Waals surface area contributed by atoms with Gasteiger partial charge >= 0.3 is 0 Å². The van der Waals surface area contributed by atoms with Gasteiger partial charge in [0.15, 0.2) is 10.3 Å². The molecule has 0 saturated carbocycles. The normalized spacial score (nSPS) is 10.9. The van der Waals surface area contributed by atoms with Gasteiger partial charge in [-0.15, -0.1) is 10.2 Å². The van der Waals surface area contributed by atoms with Gasteiger partial charge in [0.2, 0.25) is 5.91 Å². The maximum absolute atomic E-state index is 13.7. The number of benzene rings is 2. The fraction of sp³-hybridized carbons (Fsp3) is 0.190. The van der Waals surface area contributed by atoms with Gasteiger partial charge in [-0.1, -0.05) is 47.4 Å². The van der Waals surface area contributed by atoms with E-state index in [4.69, 9.17) is 0 Å². The predicted octanol–water partition coefficient (Wildman–Crippen LogP) is 3.27. The molecule has 0 unspecified atom stereocenters. The van der Waals surface area contributed by atoms with Crippen molar-refractivity contribution in [1.82, 2.24) is 25.1 Å². The molecule has 11 heteroatoms. The van der Waals surface area contributed by atoms with Gasteiger partial charge < -0.3 is 15.2 Å². The van der Waals surface area contributed by atoms with Crippen molar-refractivity contribution in [2.24, 2.45) is 7.05 Å². The lowest BCUT2D eigenvalue weighted by atomic mass is 10.2. The van der Waals surface area contributed by atoms with E-state index in [1.165, 1.54) is 41.3 Å². The number of thiazole rings is 1. The van der Waals surface area contributed by atoms with Crippen molar-refractivity contribution in [3.63, 3.8) is 0 Å². The summed E-state index contributed by atoms with van der Waals surface area (Å²) in [7, 11) is 1.79. The van der Waals surface area contributed by atoms with Crippen LogP contribution in [0.1, 0.15) is 16.2 Å². The summed E-state index contributed by atoms with van der Waals surface area (Å²) < 4.78 is 16.5. The largest absolute Gasteiger partial charge is 0.351 e. The monoisotopic (exact) mass is 470 g/mol. The summed E-state index contributed by atoms with van der Waals surface area (Å²) in [5.41, 5.74) is 0.848. The average Bonchev–Trinajstić information content (AvgIpc) is 3.35. The Morgan fingerprint density at radius 1 is 1.12 bits per heavy atom. The van der Waals surface area contributed by atoms with Crippen LogP contribution in [-0.4, -0.2) is 43.9 Å². The second-order valence-corrected chi connectivity index (χ2v) is 8.74. The Balaban J connectivity index is 1.26. The quantitative estimate of drug-likeness (QED) is 0.383. The number of halogens is 1. The molecule has 0 aliphatic heterocycles. The molecule has 0 atom stereocenters. The second kappa shape index (κ2) is 9.88. The van der Waals surface area contributed by atoms with Crippen LogP contribution in [0.4, 0.5) is 9.52 Å². The molecule has 0 radical (unpaired) electrons. The molecular weight excluding hydrogens is 451 g/mol. The summed E-state index contributed by atoms with van der Waals surface area (Å²) in [6.07, 6.45) is 0.419. The summed E-state index contributed by atoms with van der Waals surface area (Å²) in [6.45, 7) is 0.280. The third-order valence-corrected chi connectivity index (χ3v) is 6.52. The van der Waals surface area contributed by atoms with E-state index in [1.54, 1.807) is 17.7 Å². The van der Waals surface area contributed by atoms with Gasteiger partial charge in [0, 0.05) is 20.0 Å². The third-order valence-electron chi connectivity index (χ3n) is 4.55. The molecule has 4 aromatic rings. The fourth-order valence-electron chi connectivity index (χ4n) is 2.93. The lowest BCUT2D eigenvalue weighted by molar-refractivity contribution is -0.113. The minimum atomic E-state index is -0.563. The van der Waals surface area contributed by atoms with E-state index in [9.17, 15) is 14.0 Å². The number of carbonyl (C=O) groups excluding carboxylic acids is 2. The van der Waals surface area contributed by atoms with Crippen molar-refractivity contribution in [3.8, 4) is 0 Å². The number of hydrogen-bond acceptors (Lipinski definition) is 7. The van der Waals surface area contributed by atoms with Crippen LogP contribution in [0.15, 0.2) is 53.7 Å². The van der Waals surface area contributed by atoms with E-state index < -0.39 is 11.7 Å². The van der Waals surface area contributed by atoms with Crippen LogP contribution in [0.25, 0.3) is 10.2 Å². The van der Waals surface area contributed by atoms with Gasteiger partial charge in [-0.3, -0.25) is 9.59 Å². The molecule has 164 valence electrons. The molecule has 2 N–H and O–H groups in total. The zero-order chi connectivity index (χ0) is 22.5. The van der Waals surface area contributed by atoms with Crippen molar-refractivity contribution in [3.05, 3.63) is 65.7 Å². The Kier molecular flexibility index (Phi) is 6.76. The molecule has 0 aliphatic carbocycles. The first-order valence-corrected chi connectivity index (χ1v) is 11.5. The maximum Gasteiger partial charge on any atom is 0.254 e. The molecule has 0 saturated heterocycles. The van der Waals surface area contributed by atoms with Crippen LogP contribution >= 0.6 is 23.1 Å². The first-order chi connectivity index (χ1) is 15.5. The number of carbonyl (C=O) groups is 2. The molecule has 32 heavy (non-hydrogen) atoms. The number of anilines is 1. The lowest BCUT2D eigenvalue weighted by Gasteiger charge is -2.06. The minimum Gasteiger partial charge on any atom is -0.351 e. The predicted molar refractivity (Wildman–Crippen MR) is 122 cm³/mol. The van der Waals surface area contributed by atoms with E-state index in [0.717, 1.165) is 10.2 Å². The summed E-state index contributed by atoms with van der Waals surface area (Å²) in [6, 6.07) is 13.5. The number of thioether (sulfide) groups is 1. The molecule has 0 bridgehead atoms. The van der Waals surface area contributed by atoms with Crippen LogP contribution in [0.5, 0.6) is 0 Å². The number of aromatic nitrogens is 4. The standard InChI is InChI=1S/C21H19FN6O2S2/c1-28-17(10-11-23-19(30)13-6-2-3-7-14(13)22)26-27-21(28)31-12-18(29)25-20-24-15-8-4-5-9-16(15)32-20/h2-9H,10-12H2,1H3,(H,23,30)(H,24,25,29). The molecule has 2 heterocycles. The fourth-order valence-corrected chi connectivity index (χ4v) is 4.54. The highest BCUT2D eigenvalue weighted by atomic mass is 32.2. The topological polar surface area (TPSA) is 102 Å². The summed E-state index contributed by atoms with van der Waals surface area (Å²) >= 11 is 2.68. The van der Waals surface area contributed by atoms with Gasteiger partial charge in [-0.2, -0.15) is 0 Å². The van der Waals surface area contributed by atoms with Crippen LogP contribution < -0.4 is 10.6 Å². The molecule has 2 aromatic heterocycles. The molecule has 4 rings (SSSR count). The Labute approximate surface area is 191 Å². The van der Waals surface area contributed by atoms with Crippen LogP contribution in [-0.2, 0) is 18.3 Å². The highest BCUT2D eigenvalue weighted by molar-refractivity contribution is 7.99. The van der Waals surface area contributed by atoms with Gasteiger partial charge in [0.05, 0.1) is 21.5 Å². The van der Waals surface area contributed by atoms with Crippen molar-refractivity contribution >= 4 is 50.3 Å². The van der Waals surface area contributed by atoms with Crippen molar-refractivity contribution in [2.45, 2.75) is 11.6 Å². The highest BCUT2D eigenvalue weighted by Gasteiger charge is 2.14. The number of hydrogen-bond donors (Lipinski definition) is 2. The van der Waals surface area contributed by atoms with Crippen molar-refractivity contribution < 1.29 is 14.0 Å². The van der Waals surface area contributed by atoms with Crippen LogP contribution in [0.3, 0.4) is 0 Å². The number of rotatable bonds is 8. The molecular formula is C21H19FN6O2S2. The van der Waals surface area contributed by atoms with E-state index in [0.29, 0.717) is 22.5 Å². The summed E-state index contributed by atoms with van der Waals surface area (Å²) in [4.78, 5) is 28.8. The van der Waals surface area contributed by atoms with Crippen molar-refractivity contribution in [1.29, 1.82) is 0 Å². The summed E-state index contributed by atoms with van der Waals surface area (Å²) in [5, 5.41) is 14.9. The molecule has 2 amide bonds. The number of para-hydroxylation sites is 1. The van der Waals surface area contributed by atoms with E-state index in [-0.39, 0.29) is 23.8 Å². The SMILES string of the molecule is Cn1c(CCNC(=O)c2ccccc2F)nnc1SCC(=O)Nc1nc2ccccc2s1. The van der Waals surface area contributed by atoms with Gasteiger partial charge in [0.1, 0.15) is 11.6 Å². The number of fused-ring (bicyclic) bond motifs is 1. The smallest absolute Gasteiger partial charge is 0.254 e. The Bertz CT molecular complexity index is 1240. The molecule has 0 spiro atoms. The van der Waals surface area contributed by atoms with Crippen LogP contribution in [0, 0.1) is 5.82 Å². The zero-order valence-corrected chi connectivity index (χ0v) is 18.7. The van der Waals surface area contributed by atoms with Crippen LogP contribution in [0.2, 0.25) is 0 Å². The first kappa shape index (κ1) is 21.9. The van der Waals surface area contributed by atoms with Gasteiger partial charge in [0.25, 0.3) is 5.91 Å². The minimum absolute atomic E-state index is 0.000786. The van der Waals surface area contributed by atoms with E-state index in [1.807, 2.05) is 24.3 Å². The molecule has 0 fully saturated rings. The van der Waals surface area contributed by atoms with Gasteiger partial charge in [-0.25, -0.2) is 9.37 Å². The Morgan fingerprint density at radius 2 is 1.91 bits per heavy atom. The third kappa shape index (κ3) is 5.11. The van der Waals surface area contributed by atoms with Gasteiger partial charge in [-0.05, 0) is 24.3 Å². The highest BCUT2D eigenvalue weighted by Crippen LogP contribution is 2.25. The van der Waals surface area contributed by atoms with Crippen molar-refractivity contribution in [2.75, 3.05) is 17.6 Å². The molecule has 2 aromatic carbocycles. The lowest BCUT2D eigenvalue weighted by Crippen LogP contribution is -2.27. The van der Waals surface area contributed by atoms with E-state index in [2.05, 4.69) is 25.8 Å². The number of amides is 2. The molecule has 8 nitrogen and oxygen atoms in total. The maximum atomic E-state index is 13.7. The molecule has 0 aliphatic rings. The first-order valence-electron chi connectivity index (χ1n) is 9.70. The second-order valence-electron chi connectivity index (χ2n) is 6.77. The van der Waals surface area contributed by atoms with E-state index >= 15 is 0 Å². The number of nitrogens with zero attached hydrogens (tertiary/aromatic N) is 4. The summed E-state index contributed by atoms with van der Waals surface area (Å²) in [5.74, 6) is -0.423.